The summed E-state index contributed by atoms with van der Waals surface area (Å²) < 4.78 is 8.61. The van der Waals surface area contributed by atoms with Crippen LogP contribution in [-0.2, 0) is 21.1 Å². The normalized spacial score (nSPS) is 8.57. The maximum Gasteiger partial charge on any atom is 4.00 e. The van der Waals surface area contributed by atoms with E-state index < -0.39 is 14.6 Å². The van der Waals surface area contributed by atoms with Gasteiger partial charge in [-0.25, -0.2) is 0 Å². The van der Waals surface area contributed by atoms with Crippen molar-refractivity contribution in [1.82, 2.24) is 0 Å². The molecule has 0 aliphatic heterocycles. The quantitative estimate of drug-likeness (QED) is 0.554. The Labute approximate surface area is 137 Å². The van der Waals surface area contributed by atoms with Crippen LogP contribution < -0.4 is 29.4 Å². The summed E-state index contributed by atoms with van der Waals surface area (Å²) in [5.74, 6) is 0.634. The van der Waals surface area contributed by atoms with Gasteiger partial charge in [0.1, 0.15) is 14.6 Å². The van der Waals surface area contributed by atoms with Crippen LogP contribution >= 0.6 is 0 Å². The van der Waals surface area contributed by atoms with Crippen molar-refractivity contribution in [2.75, 3.05) is 0 Å². The molecule has 0 amide bonds. The van der Waals surface area contributed by atoms with E-state index in [-0.39, 0.29) is 21.1 Å². The van der Waals surface area contributed by atoms with Gasteiger partial charge < -0.3 is 29.4 Å². The van der Waals surface area contributed by atoms with E-state index >= 15 is 0 Å². The first-order chi connectivity index (χ1) is 9.58. The average Bonchev–Trinajstić information content (AvgIpc) is 2.40. The van der Waals surface area contributed by atoms with Crippen LogP contribution in [-0.4, -0.2) is 14.6 Å². The maximum atomic E-state index is 9.92. The minimum absolute atomic E-state index is 0. The maximum absolute atomic E-state index is 9.92. The average molecular weight is 368 g/mol. The molecule has 0 saturated heterocycles. The van der Waals surface area contributed by atoms with Crippen molar-refractivity contribution in [1.29, 1.82) is 0 Å². The summed E-state index contributed by atoms with van der Waals surface area (Å²) in [6.07, 6.45) is 0. The fourth-order valence-corrected chi connectivity index (χ4v) is 1.22. The van der Waals surface area contributed by atoms with Gasteiger partial charge in [-0.1, -0.05) is 36.4 Å². The van der Waals surface area contributed by atoms with Gasteiger partial charge in [0.15, 0.2) is 0 Å². The zero-order valence-corrected chi connectivity index (χ0v) is 12.8. The Balaban J connectivity index is 0.000000364. The largest absolute Gasteiger partial charge is 4.00 e. The zero-order valence-electron chi connectivity index (χ0n) is 10.8. The van der Waals surface area contributed by atoms with E-state index in [4.69, 9.17) is 0 Å². The van der Waals surface area contributed by atoms with E-state index in [0.717, 1.165) is 0 Å². The summed E-state index contributed by atoms with van der Waals surface area (Å²) >= 11 is 0. The van der Waals surface area contributed by atoms with Crippen molar-refractivity contribution in [3.63, 3.8) is 0 Å². The van der Waals surface area contributed by atoms with Crippen molar-refractivity contribution in [2.24, 2.45) is 0 Å². The van der Waals surface area contributed by atoms with Gasteiger partial charge in [-0.2, -0.15) is 0 Å². The van der Waals surface area contributed by atoms with Crippen LogP contribution in [0.25, 0.3) is 0 Å². The third kappa shape index (κ3) is 10.1. The van der Waals surface area contributed by atoms with E-state index in [1.807, 2.05) is 0 Å². The molecule has 106 valence electrons. The predicted molar refractivity (Wildman–Crippen MR) is 65.6 cm³/mol. The summed E-state index contributed by atoms with van der Waals surface area (Å²) in [6.45, 7) is 0. The summed E-state index contributed by atoms with van der Waals surface area (Å²) in [6, 6.07) is 16.6. The number of para-hydroxylation sites is 2. The Bertz CT molecular complexity index is 426. The van der Waals surface area contributed by atoms with E-state index in [1.165, 1.54) is 0 Å². The van der Waals surface area contributed by atoms with Crippen molar-refractivity contribution in [2.45, 2.75) is 0 Å². The van der Waals surface area contributed by atoms with Crippen LogP contribution in [0.4, 0.5) is 0 Å². The molecule has 0 aromatic heterocycles. The van der Waals surface area contributed by atoms with Gasteiger partial charge in [0.05, 0.1) is 11.5 Å². The molecule has 6 nitrogen and oxygen atoms in total. The summed E-state index contributed by atoms with van der Waals surface area (Å²) in [5.41, 5.74) is 0. The van der Waals surface area contributed by atoms with Crippen LogP contribution in [0.2, 0.25) is 0 Å². The van der Waals surface area contributed by atoms with E-state index in [1.54, 1.807) is 60.7 Å². The Morgan fingerprint density at radius 3 is 1.10 bits per heavy atom. The number of rotatable bonds is 4. The molecule has 0 heterocycles. The van der Waals surface area contributed by atoms with Crippen LogP contribution in [0, 0.1) is 0 Å². The van der Waals surface area contributed by atoms with E-state index in [2.05, 4.69) is 9.31 Å². The van der Waals surface area contributed by atoms with E-state index in [0.29, 0.717) is 11.5 Å². The van der Waals surface area contributed by atoms with Gasteiger partial charge in [-0.3, -0.25) is 0 Å². The predicted octanol–water partition coefficient (Wildman–Crippen LogP) is -2.46. The van der Waals surface area contributed by atoms with Crippen molar-refractivity contribution < 1.29 is 50.5 Å². The molecule has 0 fully saturated rings. The topological polar surface area (TPSA) is 111 Å². The molecule has 0 unspecified atom stereocenters. The third-order valence-electron chi connectivity index (χ3n) is 1.95. The van der Waals surface area contributed by atoms with Crippen LogP contribution in [0.5, 0.6) is 11.5 Å². The molecule has 0 aliphatic rings. The van der Waals surface area contributed by atoms with Gasteiger partial charge in [0, 0.05) is 0 Å². The third-order valence-corrected chi connectivity index (χ3v) is 1.95. The van der Waals surface area contributed by atoms with Crippen LogP contribution in [0.15, 0.2) is 60.7 Å². The molecule has 0 aliphatic carbocycles. The molecule has 0 spiro atoms. The molecule has 9 heteroatoms. The Morgan fingerprint density at radius 1 is 0.571 bits per heavy atom. The van der Waals surface area contributed by atoms with Gasteiger partial charge in [0.2, 0.25) is 0 Å². The van der Waals surface area contributed by atoms with Crippen LogP contribution in [0.3, 0.4) is 0 Å². The van der Waals surface area contributed by atoms with Crippen molar-refractivity contribution in [3.05, 3.63) is 60.7 Å². The monoisotopic (exact) mass is 370 g/mol. The Kier molecular flexibility index (Phi) is 10.7. The molecular formula is C12H10B2MoO6. The smallest absolute Gasteiger partial charge is 0.860 e. The molecule has 0 atom stereocenters. The summed E-state index contributed by atoms with van der Waals surface area (Å²) in [4.78, 5) is 0. The first kappa shape index (κ1) is 19.7. The van der Waals surface area contributed by atoms with E-state index in [9.17, 15) is 20.1 Å². The molecule has 0 radical (unpaired) electrons. The Hall–Kier alpha value is -1.30. The zero-order chi connectivity index (χ0) is 14.8. The SMILES string of the molecule is [Mo+4].[O-]B([O-])Oc1ccccc1.[O-]B([O-])Oc1ccccc1. The molecular weight excluding hydrogens is 358 g/mol. The second kappa shape index (κ2) is 11.4. The number of benzene rings is 2. The summed E-state index contributed by atoms with van der Waals surface area (Å²) in [5, 5.41) is 39.7. The molecule has 2 aromatic rings. The molecule has 0 saturated carbocycles. The van der Waals surface area contributed by atoms with Gasteiger partial charge in [-0.15, -0.1) is 0 Å². The Morgan fingerprint density at radius 2 is 0.857 bits per heavy atom. The molecule has 2 aromatic carbocycles. The molecule has 0 N–H and O–H groups in total. The fourth-order valence-electron chi connectivity index (χ4n) is 1.22. The van der Waals surface area contributed by atoms with Gasteiger partial charge in [-0.05, 0) is 24.3 Å². The second-order valence-electron chi connectivity index (χ2n) is 3.44. The fraction of sp³-hybridized carbons (Fsp3) is 0. The number of hydrogen-bond donors (Lipinski definition) is 0. The van der Waals surface area contributed by atoms with Gasteiger partial charge >= 0.3 is 21.1 Å². The minimum atomic E-state index is -2.23. The van der Waals surface area contributed by atoms with Crippen molar-refractivity contribution >= 4 is 14.6 Å². The molecule has 0 bridgehead atoms. The first-order valence-corrected chi connectivity index (χ1v) is 5.64. The standard InChI is InChI=1S/2C6H5BO3.Mo/c2*8-7(9)10-6-4-2-1-3-5-6;/h2*1-5H;/q2*-2;+4. The molecule has 2 rings (SSSR count). The first-order valence-electron chi connectivity index (χ1n) is 5.64. The number of hydrogen-bond acceptors (Lipinski definition) is 6. The second-order valence-corrected chi connectivity index (χ2v) is 3.44. The van der Waals surface area contributed by atoms with Crippen LogP contribution in [0.1, 0.15) is 0 Å². The van der Waals surface area contributed by atoms with Crippen molar-refractivity contribution in [3.8, 4) is 11.5 Å². The summed E-state index contributed by atoms with van der Waals surface area (Å²) in [7, 11) is -4.47. The molecule has 21 heavy (non-hydrogen) atoms. The van der Waals surface area contributed by atoms with Gasteiger partial charge in [0.25, 0.3) is 0 Å². The minimum Gasteiger partial charge on any atom is -0.860 e.